The van der Waals surface area contributed by atoms with Gasteiger partial charge in [0, 0.05) is 30.0 Å². The lowest BCUT2D eigenvalue weighted by Crippen LogP contribution is -2.43. The van der Waals surface area contributed by atoms with Crippen LogP contribution in [0.3, 0.4) is 0 Å². The molecule has 1 saturated heterocycles. The number of hydrogen-bond donors (Lipinski definition) is 1. The minimum absolute atomic E-state index is 0.0906. The third kappa shape index (κ3) is 4.09. The van der Waals surface area contributed by atoms with E-state index in [9.17, 15) is 4.79 Å². The van der Waals surface area contributed by atoms with Gasteiger partial charge >= 0.3 is 0 Å². The van der Waals surface area contributed by atoms with Gasteiger partial charge < -0.3 is 14.6 Å². The quantitative estimate of drug-likeness (QED) is 0.927. The van der Waals surface area contributed by atoms with Crippen molar-refractivity contribution in [2.75, 3.05) is 13.2 Å². The molecule has 0 aliphatic carbocycles. The molecule has 0 saturated carbocycles. The zero-order valence-corrected chi connectivity index (χ0v) is 14.4. The molecule has 1 amide bonds. The average Bonchev–Trinajstić information content (AvgIpc) is 2.96. The molecule has 1 atom stereocenters. The molecule has 0 aromatic carbocycles. The van der Waals surface area contributed by atoms with E-state index in [-0.39, 0.29) is 22.8 Å². The maximum absolute atomic E-state index is 12.2. The fourth-order valence-corrected chi connectivity index (χ4v) is 2.61. The molecular formula is C17H28N2O3. The van der Waals surface area contributed by atoms with E-state index < -0.39 is 0 Å². The zero-order chi connectivity index (χ0) is 16.4. The molecule has 0 unspecified atom stereocenters. The highest BCUT2D eigenvalue weighted by atomic mass is 16.5. The predicted molar refractivity (Wildman–Crippen MR) is 84.9 cm³/mol. The molecule has 2 rings (SSSR count). The van der Waals surface area contributed by atoms with Gasteiger partial charge in [-0.1, -0.05) is 39.8 Å². The summed E-state index contributed by atoms with van der Waals surface area (Å²) in [6.07, 6.45) is 3.58. The number of aromatic nitrogens is 1. The third-order valence-electron chi connectivity index (χ3n) is 4.24. The van der Waals surface area contributed by atoms with Gasteiger partial charge in [-0.15, -0.1) is 0 Å². The summed E-state index contributed by atoms with van der Waals surface area (Å²) in [7, 11) is 0. The van der Waals surface area contributed by atoms with Gasteiger partial charge in [-0.2, -0.15) is 0 Å². The summed E-state index contributed by atoms with van der Waals surface area (Å²) in [6, 6.07) is 1.72. The molecule has 1 aromatic heterocycles. The van der Waals surface area contributed by atoms with Crippen molar-refractivity contribution < 1.29 is 14.1 Å². The lowest BCUT2D eigenvalue weighted by Gasteiger charge is -2.36. The smallest absolute Gasteiger partial charge is 0.273 e. The highest BCUT2D eigenvalue weighted by Gasteiger charge is 2.32. The molecule has 22 heavy (non-hydrogen) atoms. The van der Waals surface area contributed by atoms with E-state index in [4.69, 9.17) is 9.26 Å². The maximum atomic E-state index is 12.2. The molecule has 0 radical (unpaired) electrons. The van der Waals surface area contributed by atoms with Crippen LogP contribution in [0.2, 0.25) is 0 Å². The second-order valence-corrected chi connectivity index (χ2v) is 7.85. The topological polar surface area (TPSA) is 64.4 Å². The summed E-state index contributed by atoms with van der Waals surface area (Å²) in [4.78, 5) is 12.2. The predicted octanol–water partition coefficient (Wildman–Crippen LogP) is 3.30. The summed E-state index contributed by atoms with van der Waals surface area (Å²) in [5, 5.41) is 6.84. The monoisotopic (exact) mass is 308 g/mol. The van der Waals surface area contributed by atoms with Crippen LogP contribution in [0.25, 0.3) is 0 Å². The summed E-state index contributed by atoms with van der Waals surface area (Å²) in [5.41, 5.74) is 0.0956. The second kappa shape index (κ2) is 6.41. The average molecular weight is 308 g/mol. The molecule has 1 N–H and O–H groups in total. The van der Waals surface area contributed by atoms with Crippen molar-refractivity contribution in [3.63, 3.8) is 0 Å². The summed E-state index contributed by atoms with van der Waals surface area (Å²) in [5.74, 6) is 0.524. The van der Waals surface area contributed by atoms with Gasteiger partial charge in [0.15, 0.2) is 5.69 Å². The fraction of sp³-hybridized carbons (Fsp3) is 0.765. The summed E-state index contributed by atoms with van der Waals surface area (Å²) < 4.78 is 11.1. The van der Waals surface area contributed by atoms with Crippen LogP contribution in [-0.4, -0.2) is 30.3 Å². The molecule has 124 valence electrons. The van der Waals surface area contributed by atoms with Crippen LogP contribution in [-0.2, 0) is 10.2 Å². The van der Waals surface area contributed by atoms with Gasteiger partial charge in [-0.25, -0.2) is 0 Å². The van der Waals surface area contributed by atoms with Gasteiger partial charge in [0.2, 0.25) is 0 Å². The Balaban J connectivity index is 1.93. The molecular weight excluding hydrogens is 280 g/mol. The van der Waals surface area contributed by atoms with E-state index in [0.717, 1.165) is 19.4 Å². The van der Waals surface area contributed by atoms with Crippen molar-refractivity contribution in [2.24, 2.45) is 5.41 Å². The standard InChI is InChI=1S/C17H28N2O3/c1-16(2,3)14-10-12(19-22-14)15(20)18-11-17(4,5)13-8-6-7-9-21-13/h10,13H,6-9,11H2,1-5H3,(H,18,20)/t13-/m1/s1. The Labute approximate surface area is 132 Å². The largest absolute Gasteiger partial charge is 0.378 e. The number of hydrogen-bond acceptors (Lipinski definition) is 4. The van der Waals surface area contributed by atoms with E-state index in [0.29, 0.717) is 18.0 Å². The van der Waals surface area contributed by atoms with Gasteiger partial charge in [-0.05, 0) is 19.3 Å². The van der Waals surface area contributed by atoms with Crippen molar-refractivity contribution in [3.05, 3.63) is 17.5 Å². The van der Waals surface area contributed by atoms with E-state index in [2.05, 4.69) is 24.3 Å². The van der Waals surface area contributed by atoms with Gasteiger partial charge in [-0.3, -0.25) is 4.79 Å². The maximum Gasteiger partial charge on any atom is 0.273 e. The first-order chi connectivity index (χ1) is 10.2. The summed E-state index contributed by atoms with van der Waals surface area (Å²) >= 11 is 0. The van der Waals surface area contributed by atoms with E-state index >= 15 is 0 Å². The Hall–Kier alpha value is -1.36. The Morgan fingerprint density at radius 3 is 2.59 bits per heavy atom. The van der Waals surface area contributed by atoms with Gasteiger partial charge in [0.1, 0.15) is 5.76 Å². The highest BCUT2D eigenvalue weighted by molar-refractivity contribution is 5.92. The lowest BCUT2D eigenvalue weighted by atomic mass is 9.82. The number of rotatable bonds is 4. The highest BCUT2D eigenvalue weighted by Crippen LogP contribution is 2.29. The van der Waals surface area contributed by atoms with Crippen LogP contribution in [0.1, 0.15) is 70.1 Å². The van der Waals surface area contributed by atoms with Crippen molar-refractivity contribution in [1.29, 1.82) is 0 Å². The number of nitrogens with zero attached hydrogens (tertiary/aromatic N) is 1. The molecule has 5 heteroatoms. The molecule has 2 heterocycles. The van der Waals surface area contributed by atoms with Gasteiger partial charge in [0.05, 0.1) is 6.10 Å². The van der Waals surface area contributed by atoms with E-state index in [1.54, 1.807) is 6.07 Å². The van der Waals surface area contributed by atoms with Crippen LogP contribution in [0.4, 0.5) is 0 Å². The van der Waals surface area contributed by atoms with Crippen LogP contribution < -0.4 is 5.32 Å². The molecule has 1 aliphatic heterocycles. The van der Waals surface area contributed by atoms with Crippen LogP contribution in [0.5, 0.6) is 0 Å². The van der Waals surface area contributed by atoms with Gasteiger partial charge in [0.25, 0.3) is 5.91 Å². The van der Waals surface area contributed by atoms with Crippen LogP contribution >= 0.6 is 0 Å². The third-order valence-corrected chi connectivity index (χ3v) is 4.24. The van der Waals surface area contributed by atoms with Crippen molar-refractivity contribution in [2.45, 2.75) is 65.4 Å². The second-order valence-electron chi connectivity index (χ2n) is 7.85. The molecule has 0 spiro atoms. The van der Waals surface area contributed by atoms with E-state index in [1.807, 2.05) is 20.8 Å². The van der Waals surface area contributed by atoms with E-state index in [1.165, 1.54) is 6.42 Å². The first-order valence-electron chi connectivity index (χ1n) is 8.07. The van der Waals surface area contributed by atoms with Crippen molar-refractivity contribution in [3.8, 4) is 0 Å². The lowest BCUT2D eigenvalue weighted by molar-refractivity contribution is -0.0531. The van der Waals surface area contributed by atoms with Crippen LogP contribution in [0.15, 0.2) is 10.6 Å². The van der Waals surface area contributed by atoms with Crippen LogP contribution in [0, 0.1) is 5.41 Å². The minimum atomic E-state index is -0.192. The Morgan fingerprint density at radius 1 is 1.32 bits per heavy atom. The SMILES string of the molecule is CC(C)(C)c1cc(C(=O)NCC(C)(C)[C@H]2CCCCO2)no1. The normalized spacial score (nSPS) is 20.0. The number of carbonyl (C=O) groups excluding carboxylic acids is 1. The first kappa shape index (κ1) is 17.0. The first-order valence-corrected chi connectivity index (χ1v) is 8.07. The Bertz CT molecular complexity index is 508. The fourth-order valence-electron chi connectivity index (χ4n) is 2.61. The number of nitrogens with one attached hydrogen (secondary N) is 1. The Kier molecular flexibility index (Phi) is 4.95. The molecule has 1 fully saturated rings. The molecule has 5 nitrogen and oxygen atoms in total. The van der Waals surface area contributed by atoms with Crippen molar-refractivity contribution in [1.82, 2.24) is 10.5 Å². The molecule has 1 aromatic rings. The number of amides is 1. The minimum Gasteiger partial charge on any atom is -0.378 e. The molecule has 1 aliphatic rings. The number of ether oxygens (including phenoxy) is 1. The molecule has 0 bridgehead atoms. The Morgan fingerprint density at radius 2 is 2.05 bits per heavy atom. The van der Waals surface area contributed by atoms with Crippen molar-refractivity contribution >= 4 is 5.91 Å². The summed E-state index contributed by atoms with van der Waals surface area (Å²) in [6.45, 7) is 11.7. The number of carbonyl (C=O) groups is 1. The zero-order valence-electron chi connectivity index (χ0n) is 14.4.